The van der Waals surface area contributed by atoms with Crippen molar-refractivity contribution in [3.63, 3.8) is 0 Å². The van der Waals surface area contributed by atoms with Gasteiger partial charge in [0.1, 0.15) is 5.75 Å². The molecule has 0 fully saturated rings. The Balaban J connectivity index is 2.07. The summed E-state index contributed by atoms with van der Waals surface area (Å²) in [7, 11) is 2.91. The number of nitrogens with zero attached hydrogens (tertiary/aromatic N) is 1. The molecule has 1 aliphatic rings. The zero-order valence-corrected chi connectivity index (χ0v) is 16.5. The van der Waals surface area contributed by atoms with E-state index in [-0.39, 0.29) is 11.5 Å². The molecule has 0 unspecified atom stereocenters. The predicted molar refractivity (Wildman–Crippen MR) is 109 cm³/mol. The van der Waals surface area contributed by atoms with E-state index in [0.29, 0.717) is 11.3 Å². The molecule has 0 aliphatic carbocycles. The number of carbonyl (C=O) groups excluding carboxylic acids is 2. The van der Waals surface area contributed by atoms with Gasteiger partial charge in [0.2, 0.25) is 0 Å². The van der Waals surface area contributed by atoms with Crippen LogP contribution in [0.1, 0.15) is 25.0 Å². The normalized spacial score (nSPS) is 15.4. The summed E-state index contributed by atoms with van der Waals surface area (Å²) in [6.45, 7) is 3.83. The third-order valence-corrected chi connectivity index (χ3v) is 4.82. The average Bonchev–Trinajstić information content (AvgIpc) is 2.97. The lowest BCUT2D eigenvalue weighted by Gasteiger charge is -2.18. The van der Waals surface area contributed by atoms with Crippen LogP contribution in [-0.2, 0) is 20.7 Å². The first kappa shape index (κ1) is 19.4. The molecule has 0 N–H and O–H groups in total. The Bertz CT molecular complexity index is 953. The third kappa shape index (κ3) is 3.56. The number of carbonyl (C=O) groups is 2. The fourth-order valence-electron chi connectivity index (χ4n) is 3.24. The Morgan fingerprint density at radius 2 is 1.68 bits per heavy atom. The van der Waals surface area contributed by atoms with Crippen LogP contribution >= 0.6 is 0 Å². The monoisotopic (exact) mass is 377 g/mol. The van der Waals surface area contributed by atoms with Gasteiger partial charge in [0.05, 0.1) is 25.4 Å². The number of benzene rings is 2. The van der Waals surface area contributed by atoms with Gasteiger partial charge in [-0.25, -0.2) is 4.79 Å². The molecule has 28 heavy (non-hydrogen) atoms. The summed E-state index contributed by atoms with van der Waals surface area (Å²) in [6.07, 6.45) is 2.62. The summed E-state index contributed by atoms with van der Waals surface area (Å²) in [5.74, 6) is -0.0614. The van der Waals surface area contributed by atoms with Gasteiger partial charge in [-0.05, 0) is 54.8 Å². The molecule has 0 spiro atoms. The minimum atomic E-state index is -0.529. The second-order valence-corrected chi connectivity index (χ2v) is 6.44. The van der Waals surface area contributed by atoms with E-state index in [1.165, 1.54) is 12.7 Å². The minimum absolute atomic E-state index is 0.252. The topological polar surface area (TPSA) is 55.8 Å². The molecule has 144 valence electrons. The number of allylic oxidation sites excluding steroid dienone is 1. The van der Waals surface area contributed by atoms with Crippen molar-refractivity contribution < 1.29 is 19.1 Å². The fourth-order valence-corrected chi connectivity index (χ4v) is 3.24. The number of hydrogen-bond acceptors (Lipinski definition) is 4. The number of ether oxygens (including phenoxy) is 2. The molecule has 0 bridgehead atoms. The number of anilines is 1. The maximum atomic E-state index is 13.2. The van der Waals surface area contributed by atoms with Crippen LogP contribution in [0.15, 0.2) is 65.4 Å². The zero-order chi connectivity index (χ0) is 20.3. The zero-order valence-electron chi connectivity index (χ0n) is 16.5. The summed E-state index contributed by atoms with van der Waals surface area (Å²) in [4.78, 5) is 27.2. The van der Waals surface area contributed by atoms with Crippen LogP contribution in [0.2, 0.25) is 0 Å². The molecule has 0 saturated heterocycles. The highest BCUT2D eigenvalue weighted by molar-refractivity contribution is 6.23. The van der Waals surface area contributed by atoms with Crippen LogP contribution in [0.4, 0.5) is 5.69 Å². The molecule has 1 amide bonds. The smallest absolute Gasteiger partial charge is 0.340 e. The van der Waals surface area contributed by atoms with Crippen molar-refractivity contribution in [3.05, 3.63) is 76.5 Å². The van der Waals surface area contributed by atoms with Crippen molar-refractivity contribution in [1.82, 2.24) is 0 Å². The van der Waals surface area contributed by atoms with E-state index < -0.39 is 5.97 Å². The van der Waals surface area contributed by atoms with E-state index in [4.69, 9.17) is 9.47 Å². The van der Waals surface area contributed by atoms with Crippen LogP contribution in [-0.4, -0.2) is 26.1 Å². The van der Waals surface area contributed by atoms with Gasteiger partial charge in [0, 0.05) is 11.4 Å². The fraction of sp³-hybridized carbons (Fsp3) is 0.217. The molecule has 0 radical (unpaired) electrons. The summed E-state index contributed by atoms with van der Waals surface area (Å²) < 4.78 is 10.1. The molecule has 0 aromatic heterocycles. The molecule has 1 aliphatic heterocycles. The van der Waals surface area contributed by atoms with Gasteiger partial charge in [0.15, 0.2) is 0 Å². The van der Waals surface area contributed by atoms with Crippen molar-refractivity contribution in [2.45, 2.75) is 20.3 Å². The van der Waals surface area contributed by atoms with Crippen molar-refractivity contribution in [3.8, 4) is 5.75 Å². The van der Waals surface area contributed by atoms with Crippen molar-refractivity contribution >= 4 is 23.6 Å². The predicted octanol–water partition coefficient (Wildman–Crippen LogP) is 4.13. The lowest BCUT2D eigenvalue weighted by molar-refractivity contribution is -0.136. The second kappa shape index (κ2) is 8.13. The molecular formula is C23H23NO4. The van der Waals surface area contributed by atoms with E-state index in [9.17, 15) is 9.59 Å². The highest BCUT2D eigenvalue weighted by Crippen LogP contribution is 2.35. The first-order valence-corrected chi connectivity index (χ1v) is 9.08. The number of esters is 1. The standard InChI is InChI=1S/C23H23NO4/c1-5-16-6-10-18(11-7-16)24-15(2)21(23(26)28-4)20(22(24)25)14-17-8-12-19(27-3)13-9-17/h6-14H,5H2,1-4H3/b20-14-. The van der Waals surface area contributed by atoms with E-state index in [0.717, 1.165) is 23.4 Å². The van der Waals surface area contributed by atoms with Gasteiger partial charge < -0.3 is 9.47 Å². The van der Waals surface area contributed by atoms with E-state index in [1.54, 1.807) is 37.1 Å². The van der Waals surface area contributed by atoms with Crippen molar-refractivity contribution in [1.29, 1.82) is 0 Å². The first-order chi connectivity index (χ1) is 13.5. The molecule has 3 rings (SSSR count). The molecule has 0 saturated carbocycles. The van der Waals surface area contributed by atoms with Crippen molar-refractivity contribution in [2.24, 2.45) is 0 Å². The number of rotatable bonds is 5. The average molecular weight is 377 g/mol. The van der Waals surface area contributed by atoms with Gasteiger partial charge in [0.25, 0.3) is 5.91 Å². The van der Waals surface area contributed by atoms with E-state index >= 15 is 0 Å². The number of amides is 1. The van der Waals surface area contributed by atoms with Crippen LogP contribution in [0.3, 0.4) is 0 Å². The van der Waals surface area contributed by atoms with Crippen molar-refractivity contribution in [2.75, 3.05) is 19.1 Å². The number of hydrogen-bond donors (Lipinski definition) is 0. The SMILES string of the molecule is CCc1ccc(N2C(=O)/C(=C\c3ccc(OC)cc3)C(C(=O)OC)=C2C)cc1. The largest absolute Gasteiger partial charge is 0.497 e. The molecule has 5 heteroatoms. The van der Waals surface area contributed by atoms with Gasteiger partial charge in [-0.15, -0.1) is 0 Å². The molecular weight excluding hydrogens is 354 g/mol. The van der Waals surface area contributed by atoms with E-state index in [2.05, 4.69) is 6.92 Å². The summed E-state index contributed by atoms with van der Waals surface area (Å²) in [5.41, 5.74) is 3.85. The van der Waals surface area contributed by atoms with Crippen LogP contribution in [0.25, 0.3) is 6.08 Å². The van der Waals surface area contributed by atoms with Gasteiger partial charge in [-0.3, -0.25) is 9.69 Å². The molecule has 1 heterocycles. The highest BCUT2D eigenvalue weighted by atomic mass is 16.5. The van der Waals surface area contributed by atoms with Gasteiger partial charge in [-0.2, -0.15) is 0 Å². The minimum Gasteiger partial charge on any atom is -0.497 e. The van der Waals surface area contributed by atoms with E-state index in [1.807, 2.05) is 36.4 Å². The Morgan fingerprint density at radius 1 is 1.04 bits per heavy atom. The highest BCUT2D eigenvalue weighted by Gasteiger charge is 2.37. The second-order valence-electron chi connectivity index (χ2n) is 6.44. The van der Waals surface area contributed by atoms with Crippen LogP contribution in [0, 0.1) is 0 Å². The number of aryl methyl sites for hydroxylation is 1. The van der Waals surface area contributed by atoms with Gasteiger partial charge >= 0.3 is 5.97 Å². The Kier molecular flexibility index (Phi) is 5.64. The first-order valence-electron chi connectivity index (χ1n) is 9.08. The third-order valence-electron chi connectivity index (χ3n) is 4.82. The Labute approximate surface area is 164 Å². The number of methoxy groups -OCH3 is 2. The Morgan fingerprint density at radius 3 is 2.21 bits per heavy atom. The summed E-state index contributed by atoms with van der Waals surface area (Å²) in [6, 6.07) is 15.0. The summed E-state index contributed by atoms with van der Waals surface area (Å²) >= 11 is 0. The van der Waals surface area contributed by atoms with Crippen LogP contribution in [0.5, 0.6) is 5.75 Å². The van der Waals surface area contributed by atoms with Crippen LogP contribution < -0.4 is 9.64 Å². The maximum Gasteiger partial charge on any atom is 0.340 e. The quantitative estimate of drug-likeness (QED) is 0.581. The lowest BCUT2D eigenvalue weighted by Crippen LogP contribution is -2.24. The summed E-state index contributed by atoms with van der Waals surface area (Å²) in [5, 5.41) is 0. The molecule has 2 aromatic carbocycles. The maximum absolute atomic E-state index is 13.2. The molecule has 5 nitrogen and oxygen atoms in total. The lowest BCUT2D eigenvalue weighted by atomic mass is 10.0. The Hall–Kier alpha value is -3.34. The van der Waals surface area contributed by atoms with Gasteiger partial charge in [-0.1, -0.05) is 31.2 Å². The molecule has 2 aromatic rings. The molecule has 0 atom stereocenters.